The van der Waals surface area contributed by atoms with E-state index in [4.69, 9.17) is 0 Å². The van der Waals surface area contributed by atoms with Gasteiger partial charge in [-0.2, -0.15) is 9.40 Å². The molecule has 8 heteroatoms. The average Bonchev–Trinajstić information content (AvgIpc) is 3.39. The van der Waals surface area contributed by atoms with Gasteiger partial charge >= 0.3 is 0 Å². The number of piperidine rings is 1. The van der Waals surface area contributed by atoms with E-state index in [1.807, 2.05) is 66.9 Å². The molecular formula is C25H24N4O3S. The highest BCUT2D eigenvalue weighted by atomic mass is 32.2. The summed E-state index contributed by atoms with van der Waals surface area (Å²) in [5.41, 5.74) is 1.55. The first kappa shape index (κ1) is 21.4. The molecule has 0 saturated carbocycles. The lowest BCUT2D eigenvalue weighted by molar-refractivity contribution is -0.120. The predicted octanol–water partition coefficient (Wildman–Crippen LogP) is 4.06. The van der Waals surface area contributed by atoms with Crippen LogP contribution in [0.1, 0.15) is 12.8 Å². The number of nitrogens with one attached hydrogen (secondary N) is 1. The summed E-state index contributed by atoms with van der Waals surface area (Å²) < 4.78 is 29.5. The van der Waals surface area contributed by atoms with Gasteiger partial charge in [0.25, 0.3) is 0 Å². The molecule has 7 nitrogen and oxygen atoms in total. The molecule has 1 saturated heterocycles. The highest BCUT2D eigenvalue weighted by Crippen LogP contribution is 2.27. The Kier molecular flexibility index (Phi) is 5.70. The maximum Gasteiger partial charge on any atom is 0.243 e. The first-order valence-corrected chi connectivity index (χ1v) is 12.3. The van der Waals surface area contributed by atoms with E-state index in [0.29, 0.717) is 36.5 Å². The van der Waals surface area contributed by atoms with E-state index < -0.39 is 10.0 Å². The number of rotatable bonds is 5. The van der Waals surface area contributed by atoms with E-state index in [0.717, 1.165) is 16.5 Å². The monoisotopic (exact) mass is 460 g/mol. The van der Waals surface area contributed by atoms with E-state index in [9.17, 15) is 13.2 Å². The minimum Gasteiger partial charge on any atom is -0.326 e. The molecule has 168 valence electrons. The lowest BCUT2D eigenvalue weighted by Crippen LogP contribution is -2.41. The highest BCUT2D eigenvalue weighted by molar-refractivity contribution is 7.89. The maximum atomic E-state index is 13.2. The summed E-state index contributed by atoms with van der Waals surface area (Å²) in [5, 5.41) is 9.08. The van der Waals surface area contributed by atoms with Crippen LogP contribution in [-0.2, 0) is 14.8 Å². The molecule has 0 unspecified atom stereocenters. The Morgan fingerprint density at radius 2 is 1.70 bits per heavy atom. The fraction of sp³-hybridized carbons (Fsp3) is 0.200. The third-order valence-corrected chi connectivity index (χ3v) is 7.96. The summed E-state index contributed by atoms with van der Waals surface area (Å²) in [6.45, 7) is 0.640. The first-order chi connectivity index (χ1) is 16.0. The van der Waals surface area contributed by atoms with E-state index >= 15 is 0 Å². The van der Waals surface area contributed by atoms with Crippen LogP contribution in [0.25, 0.3) is 16.5 Å². The van der Waals surface area contributed by atoms with Gasteiger partial charge in [0.15, 0.2) is 0 Å². The van der Waals surface area contributed by atoms with E-state index in [2.05, 4.69) is 10.4 Å². The van der Waals surface area contributed by atoms with E-state index in [1.54, 1.807) is 23.0 Å². The van der Waals surface area contributed by atoms with E-state index in [1.165, 1.54) is 4.31 Å². The molecule has 1 aliphatic rings. The molecule has 1 fully saturated rings. The van der Waals surface area contributed by atoms with Gasteiger partial charge in [-0.3, -0.25) is 4.79 Å². The third kappa shape index (κ3) is 4.40. The second-order valence-electron chi connectivity index (χ2n) is 8.18. The molecule has 4 aromatic rings. The maximum absolute atomic E-state index is 13.2. The minimum atomic E-state index is -3.60. The van der Waals surface area contributed by atoms with Crippen molar-refractivity contribution in [1.29, 1.82) is 0 Å². The van der Waals surface area contributed by atoms with Crippen LogP contribution < -0.4 is 5.32 Å². The number of carbonyl (C=O) groups excluding carboxylic acids is 1. The normalized spacial score (nSPS) is 15.5. The molecule has 0 aliphatic carbocycles. The molecule has 0 bridgehead atoms. The average molecular weight is 461 g/mol. The number of fused-ring (bicyclic) bond motifs is 1. The summed E-state index contributed by atoms with van der Waals surface area (Å²) in [7, 11) is -3.60. The Hall–Kier alpha value is -3.49. The molecule has 0 spiro atoms. The highest BCUT2D eigenvalue weighted by Gasteiger charge is 2.32. The van der Waals surface area contributed by atoms with Crippen LogP contribution in [0.5, 0.6) is 0 Å². The standard InChI is InChI=1S/C25H24N4O3S/c30-25(27-22-7-3-8-23(18-22)29-14-4-13-26-29)20-11-15-28(16-12-20)33(31,32)24-10-9-19-5-1-2-6-21(19)17-24/h1-10,13-14,17-18,20H,11-12,15-16H2,(H,27,30). The molecular weight excluding hydrogens is 436 g/mol. The van der Waals surface area contributed by atoms with Gasteiger partial charge in [0.1, 0.15) is 0 Å². The van der Waals surface area contributed by atoms with Crippen molar-refractivity contribution < 1.29 is 13.2 Å². The van der Waals surface area contributed by atoms with Gasteiger partial charge in [-0.1, -0.05) is 36.4 Å². The second kappa shape index (κ2) is 8.80. The number of nitrogens with zero attached hydrogens (tertiary/aromatic N) is 3. The van der Waals surface area contributed by atoms with Gasteiger partial charge < -0.3 is 5.32 Å². The van der Waals surface area contributed by atoms with E-state index in [-0.39, 0.29) is 11.8 Å². The molecule has 1 aromatic heterocycles. The summed E-state index contributed by atoms with van der Waals surface area (Å²) in [4.78, 5) is 13.1. The van der Waals surface area contributed by atoms with Gasteiger partial charge in [-0.15, -0.1) is 0 Å². The molecule has 5 rings (SSSR count). The quantitative estimate of drug-likeness (QED) is 0.487. The summed E-state index contributed by atoms with van der Waals surface area (Å²) in [5.74, 6) is -0.322. The van der Waals surface area contributed by atoms with Crippen LogP contribution in [0.2, 0.25) is 0 Å². The topological polar surface area (TPSA) is 84.3 Å². The Labute approximate surface area is 192 Å². The number of hydrogen-bond acceptors (Lipinski definition) is 4. The Morgan fingerprint density at radius 1 is 0.909 bits per heavy atom. The number of hydrogen-bond donors (Lipinski definition) is 1. The van der Waals surface area contributed by atoms with Crippen molar-refractivity contribution in [2.24, 2.45) is 5.92 Å². The number of anilines is 1. The van der Waals surface area contributed by atoms with Crippen molar-refractivity contribution in [3.8, 4) is 5.69 Å². The predicted molar refractivity (Wildman–Crippen MR) is 128 cm³/mol. The van der Waals surface area contributed by atoms with Crippen molar-refractivity contribution >= 4 is 32.4 Å². The number of carbonyl (C=O) groups is 1. The lowest BCUT2D eigenvalue weighted by atomic mass is 9.97. The Balaban J connectivity index is 1.24. The Morgan fingerprint density at radius 3 is 2.45 bits per heavy atom. The zero-order valence-electron chi connectivity index (χ0n) is 18.0. The SMILES string of the molecule is O=C(Nc1cccc(-n2cccn2)c1)C1CCN(S(=O)(=O)c2ccc3ccccc3c2)CC1. The van der Waals surface area contributed by atoms with Gasteiger partial charge in [0, 0.05) is 37.1 Å². The van der Waals surface area contributed by atoms with Crippen molar-refractivity contribution in [1.82, 2.24) is 14.1 Å². The molecule has 0 radical (unpaired) electrons. The number of aromatic nitrogens is 2. The summed E-state index contributed by atoms with van der Waals surface area (Å²) in [6.07, 6.45) is 4.51. The van der Waals surface area contributed by atoms with Crippen LogP contribution in [0.15, 0.2) is 90.1 Å². The summed E-state index contributed by atoms with van der Waals surface area (Å²) in [6, 6.07) is 22.2. The fourth-order valence-corrected chi connectivity index (χ4v) is 5.73. The number of amides is 1. The second-order valence-corrected chi connectivity index (χ2v) is 10.1. The van der Waals surface area contributed by atoms with Crippen LogP contribution in [0, 0.1) is 5.92 Å². The lowest BCUT2D eigenvalue weighted by Gasteiger charge is -2.30. The molecule has 3 aromatic carbocycles. The van der Waals surface area contributed by atoms with Crippen LogP contribution in [0.4, 0.5) is 5.69 Å². The Bertz CT molecular complexity index is 1390. The van der Waals surface area contributed by atoms with Crippen LogP contribution >= 0.6 is 0 Å². The van der Waals surface area contributed by atoms with Crippen molar-refractivity contribution in [3.05, 3.63) is 85.2 Å². The third-order valence-electron chi connectivity index (χ3n) is 6.07. The molecule has 33 heavy (non-hydrogen) atoms. The van der Waals surface area contributed by atoms with Crippen LogP contribution in [-0.4, -0.2) is 41.5 Å². The smallest absolute Gasteiger partial charge is 0.243 e. The van der Waals surface area contributed by atoms with Gasteiger partial charge in [-0.05, 0) is 60.0 Å². The molecule has 1 N–H and O–H groups in total. The number of sulfonamides is 1. The molecule has 0 atom stereocenters. The van der Waals surface area contributed by atoms with Gasteiger partial charge in [0.2, 0.25) is 15.9 Å². The van der Waals surface area contributed by atoms with Crippen molar-refractivity contribution in [2.45, 2.75) is 17.7 Å². The largest absolute Gasteiger partial charge is 0.326 e. The zero-order chi connectivity index (χ0) is 22.8. The first-order valence-electron chi connectivity index (χ1n) is 10.9. The number of benzene rings is 3. The molecule has 1 aliphatic heterocycles. The van der Waals surface area contributed by atoms with Gasteiger partial charge in [-0.25, -0.2) is 13.1 Å². The van der Waals surface area contributed by atoms with Crippen LogP contribution in [0.3, 0.4) is 0 Å². The van der Waals surface area contributed by atoms with Gasteiger partial charge in [0.05, 0.1) is 10.6 Å². The fourth-order valence-electron chi connectivity index (χ4n) is 4.23. The van der Waals surface area contributed by atoms with Crippen molar-refractivity contribution in [2.75, 3.05) is 18.4 Å². The van der Waals surface area contributed by atoms with Crippen molar-refractivity contribution in [3.63, 3.8) is 0 Å². The molecule has 2 heterocycles. The molecule has 1 amide bonds. The zero-order valence-corrected chi connectivity index (χ0v) is 18.8. The summed E-state index contributed by atoms with van der Waals surface area (Å²) >= 11 is 0. The minimum absolute atomic E-state index is 0.0876.